The van der Waals surface area contributed by atoms with Crippen LogP contribution in [0, 0.1) is 5.92 Å². The van der Waals surface area contributed by atoms with Crippen LogP contribution in [0.25, 0.3) is 11.1 Å². The molecule has 0 radical (unpaired) electrons. The van der Waals surface area contributed by atoms with Crippen molar-refractivity contribution in [2.45, 2.75) is 32.8 Å². The van der Waals surface area contributed by atoms with Crippen LogP contribution in [0.15, 0.2) is 66.7 Å². The summed E-state index contributed by atoms with van der Waals surface area (Å²) in [6.45, 7) is 3.76. The quantitative estimate of drug-likeness (QED) is 0.432. The Morgan fingerprint density at radius 3 is 2.16 bits per heavy atom. The third kappa shape index (κ3) is 5.74. The lowest BCUT2D eigenvalue weighted by Crippen LogP contribution is -2.44. The zero-order valence-electron chi connectivity index (χ0n) is 19.9. The predicted octanol–water partition coefficient (Wildman–Crippen LogP) is 5.57. The standard InChI is InChI=1S/C27H23F3N2O5/c1-15(2)23(26(35)36)32-14-19-4-3-18(13-22(19)25(32)34)16-5-9-20(10-6-16)31-24(33)17-7-11-21(12-8-17)37-27(28,29)30/h3-13,15,23H,14H2,1-2H3,(H,31,33)(H,35,36). The van der Waals surface area contributed by atoms with Gasteiger partial charge in [0.15, 0.2) is 0 Å². The zero-order valence-corrected chi connectivity index (χ0v) is 19.9. The first-order valence-corrected chi connectivity index (χ1v) is 11.4. The van der Waals surface area contributed by atoms with Gasteiger partial charge in [-0.1, -0.05) is 38.1 Å². The minimum absolute atomic E-state index is 0.154. The van der Waals surface area contributed by atoms with Crippen LogP contribution in [0.5, 0.6) is 5.75 Å². The van der Waals surface area contributed by atoms with E-state index in [9.17, 15) is 32.7 Å². The molecule has 10 heteroatoms. The molecule has 2 N–H and O–H groups in total. The maximum absolute atomic E-state index is 13.0. The summed E-state index contributed by atoms with van der Waals surface area (Å²) in [4.78, 5) is 38.5. The minimum Gasteiger partial charge on any atom is -0.480 e. The number of nitrogens with one attached hydrogen (secondary N) is 1. The van der Waals surface area contributed by atoms with E-state index in [1.165, 1.54) is 17.0 Å². The molecule has 3 aromatic rings. The number of fused-ring (bicyclic) bond motifs is 1. The van der Waals surface area contributed by atoms with Crippen molar-refractivity contribution >= 4 is 23.5 Å². The zero-order chi connectivity index (χ0) is 26.9. The number of carboxylic acid groups (broad SMARTS) is 1. The number of anilines is 1. The molecule has 0 aliphatic carbocycles. The molecule has 1 atom stereocenters. The number of ether oxygens (including phenoxy) is 1. The van der Waals surface area contributed by atoms with Gasteiger partial charge < -0.3 is 20.1 Å². The lowest BCUT2D eigenvalue weighted by Gasteiger charge is -2.27. The van der Waals surface area contributed by atoms with E-state index in [4.69, 9.17) is 0 Å². The number of benzene rings is 3. The Bertz CT molecular complexity index is 1340. The van der Waals surface area contributed by atoms with E-state index in [1.807, 2.05) is 12.1 Å². The molecule has 0 bridgehead atoms. The number of rotatable bonds is 7. The van der Waals surface area contributed by atoms with Crippen LogP contribution in [0.4, 0.5) is 18.9 Å². The van der Waals surface area contributed by atoms with E-state index in [1.54, 1.807) is 44.2 Å². The van der Waals surface area contributed by atoms with Crippen molar-refractivity contribution in [3.8, 4) is 16.9 Å². The average Bonchev–Trinajstić information content (AvgIpc) is 3.14. The van der Waals surface area contributed by atoms with Gasteiger partial charge >= 0.3 is 12.3 Å². The molecule has 0 aromatic heterocycles. The first kappa shape index (κ1) is 25.7. The number of amides is 2. The molecule has 1 heterocycles. The summed E-state index contributed by atoms with van der Waals surface area (Å²) in [6.07, 6.45) is -4.81. The number of hydrogen-bond acceptors (Lipinski definition) is 4. The number of aliphatic carboxylic acids is 1. The van der Waals surface area contributed by atoms with Crippen LogP contribution in [-0.2, 0) is 11.3 Å². The van der Waals surface area contributed by atoms with E-state index in [0.29, 0.717) is 11.3 Å². The van der Waals surface area contributed by atoms with E-state index in [2.05, 4.69) is 10.1 Å². The number of hydrogen-bond donors (Lipinski definition) is 2. The van der Waals surface area contributed by atoms with Crippen LogP contribution < -0.4 is 10.1 Å². The number of alkyl halides is 3. The second-order valence-electron chi connectivity index (χ2n) is 8.94. The van der Waals surface area contributed by atoms with Crippen LogP contribution in [-0.4, -0.2) is 40.2 Å². The fourth-order valence-electron chi connectivity index (χ4n) is 4.26. The molecule has 1 unspecified atom stereocenters. The molecule has 0 fully saturated rings. The van der Waals surface area contributed by atoms with Crippen molar-refractivity contribution in [2.24, 2.45) is 5.92 Å². The third-order valence-electron chi connectivity index (χ3n) is 5.99. The summed E-state index contributed by atoms with van der Waals surface area (Å²) in [7, 11) is 0. The van der Waals surface area contributed by atoms with Gasteiger partial charge in [0, 0.05) is 23.4 Å². The van der Waals surface area contributed by atoms with Crippen molar-refractivity contribution in [1.29, 1.82) is 0 Å². The molecule has 0 saturated heterocycles. The van der Waals surface area contributed by atoms with Crippen molar-refractivity contribution in [2.75, 3.05) is 5.32 Å². The summed E-state index contributed by atoms with van der Waals surface area (Å²) >= 11 is 0. The topological polar surface area (TPSA) is 95.9 Å². The minimum atomic E-state index is -4.81. The Hall–Kier alpha value is -4.34. The molecule has 0 spiro atoms. The van der Waals surface area contributed by atoms with Crippen molar-refractivity contribution in [3.05, 3.63) is 83.4 Å². The molecule has 0 saturated carbocycles. The molecule has 1 aliphatic heterocycles. The van der Waals surface area contributed by atoms with Gasteiger partial charge in [-0.15, -0.1) is 13.2 Å². The maximum atomic E-state index is 13.0. The van der Waals surface area contributed by atoms with Crippen molar-refractivity contribution in [3.63, 3.8) is 0 Å². The summed E-state index contributed by atoms with van der Waals surface area (Å²) < 4.78 is 40.7. The Balaban J connectivity index is 1.45. The number of carbonyl (C=O) groups is 3. The summed E-state index contributed by atoms with van der Waals surface area (Å²) in [5.41, 5.74) is 3.37. The number of carbonyl (C=O) groups excluding carboxylic acids is 2. The molecule has 192 valence electrons. The van der Waals surface area contributed by atoms with Gasteiger partial charge in [-0.25, -0.2) is 4.79 Å². The molecule has 1 aliphatic rings. The summed E-state index contributed by atoms with van der Waals surface area (Å²) in [5, 5.41) is 12.3. The summed E-state index contributed by atoms with van der Waals surface area (Å²) in [6, 6.07) is 15.9. The van der Waals surface area contributed by atoms with Crippen molar-refractivity contribution < 1.29 is 37.4 Å². The number of carboxylic acids is 1. The predicted molar refractivity (Wildman–Crippen MR) is 129 cm³/mol. The Kier molecular flexibility index (Phi) is 6.93. The highest BCUT2D eigenvalue weighted by molar-refractivity contribution is 6.04. The van der Waals surface area contributed by atoms with Gasteiger partial charge in [-0.2, -0.15) is 0 Å². The number of halogens is 3. The lowest BCUT2D eigenvalue weighted by atomic mass is 10.00. The average molecular weight is 512 g/mol. The maximum Gasteiger partial charge on any atom is 0.573 e. The molecular formula is C27H23F3N2O5. The fraction of sp³-hybridized carbons (Fsp3) is 0.222. The SMILES string of the molecule is CC(C)C(C(=O)O)N1Cc2ccc(-c3ccc(NC(=O)c4ccc(OC(F)(F)F)cc4)cc3)cc2C1=O. The lowest BCUT2D eigenvalue weighted by molar-refractivity contribution is -0.274. The van der Waals surface area contributed by atoms with Gasteiger partial charge in [-0.3, -0.25) is 9.59 Å². The van der Waals surface area contributed by atoms with Gasteiger partial charge in [-0.05, 0) is 65.1 Å². The van der Waals surface area contributed by atoms with E-state index < -0.39 is 30.0 Å². The monoisotopic (exact) mass is 512 g/mol. The van der Waals surface area contributed by atoms with Crippen molar-refractivity contribution in [1.82, 2.24) is 4.90 Å². The smallest absolute Gasteiger partial charge is 0.480 e. The van der Waals surface area contributed by atoms with Gasteiger partial charge in [0.2, 0.25) is 0 Å². The van der Waals surface area contributed by atoms with Crippen LogP contribution >= 0.6 is 0 Å². The highest BCUT2D eigenvalue weighted by atomic mass is 19.4. The largest absolute Gasteiger partial charge is 0.573 e. The first-order chi connectivity index (χ1) is 17.4. The highest BCUT2D eigenvalue weighted by Gasteiger charge is 2.38. The summed E-state index contributed by atoms with van der Waals surface area (Å²) in [5.74, 6) is -2.54. The van der Waals surface area contributed by atoms with Crippen LogP contribution in [0.3, 0.4) is 0 Å². The second-order valence-corrected chi connectivity index (χ2v) is 8.94. The van der Waals surface area contributed by atoms with E-state index >= 15 is 0 Å². The molecule has 2 amide bonds. The van der Waals surface area contributed by atoms with Crippen LogP contribution in [0.2, 0.25) is 0 Å². The molecule has 37 heavy (non-hydrogen) atoms. The molecule has 4 rings (SSSR count). The number of nitrogens with zero attached hydrogens (tertiary/aromatic N) is 1. The van der Waals surface area contributed by atoms with Gasteiger partial charge in [0.25, 0.3) is 11.8 Å². The highest BCUT2D eigenvalue weighted by Crippen LogP contribution is 2.32. The first-order valence-electron chi connectivity index (χ1n) is 11.4. The Morgan fingerprint density at radius 1 is 0.973 bits per heavy atom. The van der Waals surface area contributed by atoms with Gasteiger partial charge in [0.1, 0.15) is 11.8 Å². The second kappa shape index (κ2) is 9.96. The molecule has 3 aromatic carbocycles. The Labute approximate surface area is 210 Å². The van der Waals surface area contributed by atoms with Crippen LogP contribution in [0.1, 0.15) is 40.1 Å². The fourth-order valence-corrected chi connectivity index (χ4v) is 4.26. The van der Waals surface area contributed by atoms with Gasteiger partial charge in [0.05, 0.1) is 0 Å². The Morgan fingerprint density at radius 2 is 1.59 bits per heavy atom. The van der Waals surface area contributed by atoms with E-state index in [0.717, 1.165) is 28.8 Å². The third-order valence-corrected chi connectivity index (χ3v) is 5.99. The normalized spacial score (nSPS) is 13.9. The molecule has 7 nitrogen and oxygen atoms in total. The molecular weight excluding hydrogens is 489 g/mol. The van der Waals surface area contributed by atoms with E-state index in [-0.39, 0.29) is 23.9 Å².